The van der Waals surface area contributed by atoms with E-state index in [0.717, 1.165) is 22.3 Å². The Morgan fingerprint density at radius 1 is 1.19 bits per heavy atom. The van der Waals surface area contributed by atoms with Crippen LogP contribution in [-0.4, -0.2) is 47.7 Å². The zero-order valence-corrected chi connectivity index (χ0v) is 21.8. The molecule has 1 aliphatic heterocycles. The number of carboxylic acid groups (broad SMARTS) is 1. The minimum absolute atomic E-state index is 0.0580. The number of rotatable bonds is 9. The zero-order valence-electron chi connectivity index (χ0n) is 21.0. The summed E-state index contributed by atoms with van der Waals surface area (Å²) >= 11 is 5.82. The lowest BCUT2D eigenvalue weighted by molar-refractivity contribution is -0.137. The SMILES string of the molecule is COc1cc(C(=O)N(CCc2ccccc2C)CC(=O)O)cc2c1OC(C)(Cc1ccc(Cl)c(F)c1)C2. The summed E-state index contributed by atoms with van der Waals surface area (Å²) in [6.07, 6.45) is 1.42. The van der Waals surface area contributed by atoms with Gasteiger partial charge in [-0.05, 0) is 61.2 Å². The van der Waals surface area contributed by atoms with Crippen molar-refractivity contribution in [3.8, 4) is 11.5 Å². The Morgan fingerprint density at radius 3 is 2.62 bits per heavy atom. The summed E-state index contributed by atoms with van der Waals surface area (Å²) in [4.78, 5) is 26.4. The molecule has 0 bridgehead atoms. The normalized spacial score (nSPS) is 16.1. The van der Waals surface area contributed by atoms with Crippen LogP contribution in [0.1, 0.15) is 39.5 Å². The Labute approximate surface area is 220 Å². The van der Waals surface area contributed by atoms with E-state index in [4.69, 9.17) is 21.1 Å². The van der Waals surface area contributed by atoms with Crippen LogP contribution < -0.4 is 9.47 Å². The molecule has 0 radical (unpaired) electrons. The molecule has 1 N–H and O–H groups in total. The summed E-state index contributed by atoms with van der Waals surface area (Å²) in [7, 11) is 1.49. The highest BCUT2D eigenvalue weighted by Crippen LogP contribution is 2.44. The number of amides is 1. The van der Waals surface area contributed by atoms with Crippen LogP contribution in [0.4, 0.5) is 4.39 Å². The molecule has 3 aromatic rings. The maximum Gasteiger partial charge on any atom is 0.323 e. The van der Waals surface area contributed by atoms with Gasteiger partial charge in [0.05, 0.1) is 12.1 Å². The molecule has 8 heteroatoms. The number of fused-ring (bicyclic) bond motifs is 1. The molecular weight excluding hydrogens is 497 g/mol. The second-order valence-corrected chi connectivity index (χ2v) is 10.0. The number of nitrogens with zero attached hydrogens (tertiary/aromatic N) is 1. The average molecular weight is 526 g/mol. The van der Waals surface area contributed by atoms with Crippen molar-refractivity contribution < 1.29 is 28.6 Å². The zero-order chi connectivity index (χ0) is 26.7. The molecule has 0 aromatic heterocycles. The minimum atomic E-state index is -1.09. The van der Waals surface area contributed by atoms with Crippen molar-refractivity contribution in [2.75, 3.05) is 20.2 Å². The number of carbonyl (C=O) groups is 2. The van der Waals surface area contributed by atoms with Crippen LogP contribution in [0.25, 0.3) is 0 Å². The third-order valence-corrected chi connectivity index (χ3v) is 6.91. The van der Waals surface area contributed by atoms with Gasteiger partial charge in [-0.1, -0.05) is 41.9 Å². The van der Waals surface area contributed by atoms with Gasteiger partial charge in [-0.15, -0.1) is 0 Å². The van der Waals surface area contributed by atoms with E-state index < -0.39 is 29.8 Å². The molecule has 0 saturated heterocycles. The van der Waals surface area contributed by atoms with Gasteiger partial charge in [0.15, 0.2) is 11.5 Å². The molecule has 0 spiro atoms. The summed E-state index contributed by atoms with van der Waals surface area (Å²) in [6.45, 7) is 3.74. The van der Waals surface area contributed by atoms with E-state index in [1.807, 2.05) is 38.1 Å². The Morgan fingerprint density at radius 2 is 1.95 bits per heavy atom. The molecule has 194 valence electrons. The molecule has 0 saturated carbocycles. The number of hydrogen-bond acceptors (Lipinski definition) is 4. The quantitative estimate of drug-likeness (QED) is 0.399. The molecule has 0 fully saturated rings. The maximum absolute atomic E-state index is 14.0. The lowest BCUT2D eigenvalue weighted by Crippen LogP contribution is -2.37. The molecule has 1 heterocycles. The van der Waals surface area contributed by atoms with Crippen LogP contribution in [0.5, 0.6) is 11.5 Å². The number of ether oxygens (including phenoxy) is 2. The third-order valence-electron chi connectivity index (χ3n) is 6.60. The van der Waals surface area contributed by atoms with Crippen LogP contribution in [0, 0.1) is 12.7 Å². The molecular formula is C29H29ClFNO5. The Hall–Kier alpha value is -3.58. The van der Waals surface area contributed by atoms with Crippen molar-refractivity contribution in [3.05, 3.63) is 93.3 Å². The molecule has 37 heavy (non-hydrogen) atoms. The van der Waals surface area contributed by atoms with Gasteiger partial charge < -0.3 is 19.5 Å². The molecule has 1 atom stereocenters. The summed E-state index contributed by atoms with van der Waals surface area (Å²) in [5.41, 5.74) is 3.28. The van der Waals surface area contributed by atoms with E-state index in [1.54, 1.807) is 18.2 Å². The second kappa shape index (κ2) is 10.8. The van der Waals surface area contributed by atoms with Crippen molar-refractivity contribution in [1.82, 2.24) is 4.90 Å². The van der Waals surface area contributed by atoms with Crippen LogP contribution in [0.2, 0.25) is 5.02 Å². The number of carbonyl (C=O) groups excluding carboxylic acids is 1. The Kier molecular flexibility index (Phi) is 7.73. The molecule has 6 nitrogen and oxygen atoms in total. The van der Waals surface area contributed by atoms with Crippen molar-refractivity contribution in [2.24, 2.45) is 0 Å². The molecule has 3 aromatic carbocycles. The number of hydrogen-bond donors (Lipinski definition) is 1. The monoisotopic (exact) mass is 525 g/mol. The van der Waals surface area contributed by atoms with E-state index in [0.29, 0.717) is 36.3 Å². The van der Waals surface area contributed by atoms with Gasteiger partial charge in [0.2, 0.25) is 0 Å². The largest absolute Gasteiger partial charge is 0.493 e. The Bertz CT molecular complexity index is 1340. The van der Waals surface area contributed by atoms with Crippen molar-refractivity contribution in [2.45, 2.75) is 38.7 Å². The van der Waals surface area contributed by atoms with Crippen molar-refractivity contribution in [3.63, 3.8) is 0 Å². The molecule has 1 unspecified atom stereocenters. The molecule has 1 amide bonds. The topological polar surface area (TPSA) is 76.1 Å². The third kappa shape index (κ3) is 6.05. The predicted molar refractivity (Wildman–Crippen MR) is 139 cm³/mol. The first-order valence-corrected chi connectivity index (χ1v) is 12.4. The van der Waals surface area contributed by atoms with Gasteiger partial charge >= 0.3 is 5.97 Å². The smallest absolute Gasteiger partial charge is 0.323 e. The Balaban J connectivity index is 1.57. The lowest BCUT2D eigenvalue weighted by atomic mass is 9.91. The van der Waals surface area contributed by atoms with E-state index in [-0.39, 0.29) is 11.6 Å². The fraction of sp³-hybridized carbons (Fsp3) is 0.310. The highest BCUT2D eigenvalue weighted by molar-refractivity contribution is 6.30. The van der Waals surface area contributed by atoms with E-state index in [1.165, 1.54) is 24.1 Å². The van der Waals surface area contributed by atoms with Gasteiger partial charge in [-0.3, -0.25) is 9.59 Å². The predicted octanol–water partition coefficient (Wildman–Crippen LogP) is 5.50. The fourth-order valence-corrected chi connectivity index (χ4v) is 4.91. The van der Waals surface area contributed by atoms with Crippen LogP contribution in [-0.2, 0) is 24.1 Å². The van der Waals surface area contributed by atoms with Gasteiger partial charge in [0.1, 0.15) is 18.0 Å². The molecule has 1 aliphatic rings. The van der Waals surface area contributed by atoms with Gasteiger partial charge in [-0.2, -0.15) is 0 Å². The first-order chi connectivity index (χ1) is 17.6. The van der Waals surface area contributed by atoms with Gasteiger partial charge in [0.25, 0.3) is 5.91 Å². The first-order valence-electron chi connectivity index (χ1n) is 12.0. The summed E-state index contributed by atoms with van der Waals surface area (Å²) in [5.74, 6) is -1.06. The fourth-order valence-electron chi connectivity index (χ4n) is 4.79. The van der Waals surface area contributed by atoms with E-state index in [9.17, 15) is 19.1 Å². The molecule has 4 rings (SSSR count). The summed E-state index contributed by atoms with van der Waals surface area (Å²) in [6, 6.07) is 15.8. The second-order valence-electron chi connectivity index (χ2n) is 9.62. The number of aliphatic carboxylic acids is 1. The van der Waals surface area contributed by atoms with Crippen LogP contribution in [0.3, 0.4) is 0 Å². The molecule has 0 aliphatic carbocycles. The lowest BCUT2D eigenvalue weighted by Gasteiger charge is -2.24. The average Bonchev–Trinajstić information content (AvgIpc) is 3.19. The van der Waals surface area contributed by atoms with Crippen molar-refractivity contribution in [1.29, 1.82) is 0 Å². The highest BCUT2D eigenvalue weighted by Gasteiger charge is 2.38. The number of aryl methyl sites for hydroxylation is 1. The number of benzene rings is 3. The first kappa shape index (κ1) is 26.5. The van der Waals surface area contributed by atoms with Crippen LogP contribution >= 0.6 is 11.6 Å². The number of halogens is 2. The number of carboxylic acids is 1. The maximum atomic E-state index is 14.0. The highest BCUT2D eigenvalue weighted by atomic mass is 35.5. The van der Waals surface area contributed by atoms with Crippen molar-refractivity contribution >= 4 is 23.5 Å². The van der Waals surface area contributed by atoms with Gasteiger partial charge in [0, 0.05) is 30.5 Å². The summed E-state index contributed by atoms with van der Waals surface area (Å²) in [5, 5.41) is 9.52. The summed E-state index contributed by atoms with van der Waals surface area (Å²) < 4.78 is 25.8. The van der Waals surface area contributed by atoms with E-state index in [2.05, 4.69) is 0 Å². The number of methoxy groups -OCH3 is 1. The van der Waals surface area contributed by atoms with Crippen LogP contribution in [0.15, 0.2) is 54.6 Å². The minimum Gasteiger partial charge on any atom is -0.493 e. The standard InChI is InChI=1S/C29H29ClFNO5/c1-18-6-4-5-7-20(18)10-11-32(17-26(33)34)28(35)21-13-22-16-29(2,37-27(22)25(14-21)36-3)15-19-8-9-23(30)24(31)12-19/h4-9,12-14H,10-11,15-17H2,1-3H3,(H,33,34). The van der Waals surface area contributed by atoms with E-state index >= 15 is 0 Å². The van der Waals surface area contributed by atoms with Gasteiger partial charge in [-0.25, -0.2) is 4.39 Å².